The smallest absolute Gasteiger partial charge is 0.308 e. The number of aliphatic carboxylic acids is 1. The van der Waals surface area contributed by atoms with Gasteiger partial charge in [-0.05, 0) is 40.2 Å². The molecule has 0 aromatic carbocycles. The molecular weight excluding hydrogens is 527 g/mol. The minimum atomic E-state index is -0.862. The third kappa shape index (κ3) is 7.89. The Morgan fingerprint density at radius 3 is 2.74 bits per heavy atom. The maximum absolute atomic E-state index is 12.7. The first kappa shape index (κ1) is 27.9. The third-order valence-electron chi connectivity index (χ3n) is 4.85. The molecule has 1 fully saturated rings. The Balaban J connectivity index is 1.48. The SMILES string of the molecule is Cc1nc(SCC2=CN3C(=O)C(NC(=O)CSC(=NC(C)C)NC(C)C)C3SC2)sc1CC(=O)O. The van der Waals surface area contributed by atoms with Gasteiger partial charge in [0.25, 0.3) is 5.91 Å². The molecule has 0 radical (unpaired) electrons. The molecule has 1 aromatic rings. The van der Waals surface area contributed by atoms with Gasteiger partial charge in [-0.3, -0.25) is 19.4 Å². The highest BCUT2D eigenvalue weighted by Crippen LogP contribution is 2.38. The number of aliphatic imine (C=N–C) groups is 1. The Morgan fingerprint density at radius 2 is 2.09 bits per heavy atom. The van der Waals surface area contributed by atoms with Gasteiger partial charge in [0.1, 0.15) is 11.4 Å². The van der Waals surface area contributed by atoms with E-state index in [0.29, 0.717) is 5.75 Å². The summed E-state index contributed by atoms with van der Waals surface area (Å²) in [5, 5.41) is 15.8. The van der Waals surface area contributed by atoms with Crippen molar-refractivity contribution < 1.29 is 19.5 Å². The highest BCUT2D eigenvalue weighted by Gasteiger charge is 2.49. The Morgan fingerprint density at radius 1 is 1.34 bits per heavy atom. The summed E-state index contributed by atoms with van der Waals surface area (Å²) in [6.45, 7) is 9.84. The number of amides is 2. The molecule has 9 nitrogen and oxygen atoms in total. The zero-order valence-electron chi connectivity index (χ0n) is 20.4. The van der Waals surface area contributed by atoms with Gasteiger partial charge in [-0.2, -0.15) is 0 Å². The van der Waals surface area contributed by atoms with E-state index in [0.717, 1.165) is 31.4 Å². The van der Waals surface area contributed by atoms with Crippen LogP contribution in [0.4, 0.5) is 0 Å². The van der Waals surface area contributed by atoms with Gasteiger partial charge in [0.15, 0.2) is 9.51 Å². The van der Waals surface area contributed by atoms with Crippen molar-refractivity contribution in [3.63, 3.8) is 0 Å². The maximum atomic E-state index is 12.7. The number of fused-ring (bicyclic) bond motifs is 1. The first-order valence-corrected chi connectivity index (χ1v) is 15.1. The number of carbonyl (C=O) groups is 3. The maximum Gasteiger partial charge on any atom is 0.308 e. The first-order valence-electron chi connectivity index (χ1n) is 11.2. The van der Waals surface area contributed by atoms with Crippen molar-refractivity contribution in [1.82, 2.24) is 20.5 Å². The Hall–Kier alpha value is -1.70. The zero-order valence-corrected chi connectivity index (χ0v) is 23.6. The molecule has 3 rings (SSSR count). The molecule has 0 bridgehead atoms. The summed E-state index contributed by atoms with van der Waals surface area (Å²) in [6, 6.07) is -0.172. The van der Waals surface area contributed by atoms with Crippen molar-refractivity contribution in [3.05, 3.63) is 22.3 Å². The number of aromatic nitrogens is 1. The Bertz CT molecular complexity index is 1020. The fraction of sp³-hybridized carbons (Fsp3) is 0.591. The monoisotopic (exact) mass is 557 g/mol. The van der Waals surface area contributed by atoms with Crippen LogP contribution in [0.1, 0.15) is 38.3 Å². The lowest BCUT2D eigenvalue weighted by molar-refractivity contribution is -0.144. The number of aryl methyl sites for hydroxylation is 1. The molecule has 2 atom stereocenters. The summed E-state index contributed by atoms with van der Waals surface area (Å²) in [7, 11) is 0. The lowest BCUT2D eigenvalue weighted by Gasteiger charge is -2.47. The van der Waals surface area contributed by atoms with Crippen LogP contribution in [0.5, 0.6) is 0 Å². The van der Waals surface area contributed by atoms with Gasteiger partial charge in [-0.25, -0.2) is 4.98 Å². The normalized spacial score (nSPS) is 20.0. The van der Waals surface area contributed by atoms with Gasteiger partial charge in [0.2, 0.25) is 5.91 Å². The Kier molecular flexibility index (Phi) is 9.96. The molecule has 192 valence electrons. The van der Waals surface area contributed by atoms with Gasteiger partial charge >= 0.3 is 5.97 Å². The van der Waals surface area contributed by atoms with E-state index in [-0.39, 0.29) is 41.4 Å². The van der Waals surface area contributed by atoms with E-state index in [1.54, 1.807) is 28.4 Å². The van der Waals surface area contributed by atoms with Crippen molar-refractivity contribution in [2.75, 3.05) is 17.3 Å². The molecule has 1 saturated heterocycles. The summed E-state index contributed by atoms with van der Waals surface area (Å²) < 4.78 is 0.830. The van der Waals surface area contributed by atoms with Crippen molar-refractivity contribution >= 4 is 69.6 Å². The van der Waals surface area contributed by atoms with Crippen LogP contribution in [0.3, 0.4) is 0 Å². The number of thioether (sulfide) groups is 3. The van der Waals surface area contributed by atoms with Crippen LogP contribution in [-0.4, -0.2) is 78.7 Å². The van der Waals surface area contributed by atoms with Gasteiger partial charge in [0.05, 0.1) is 17.9 Å². The molecule has 13 heteroatoms. The lowest BCUT2D eigenvalue weighted by Crippen LogP contribution is -2.68. The van der Waals surface area contributed by atoms with E-state index in [4.69, 9.17) is 5.11 Å². The number of β-lactam (4-membered cyclic amide) rings is 1. The molecule has 2 amide bonds. The predicted octanol–water partition coefficient (Wildman–Crippen LogP) is 2.95. The molecule has 3 heterocycles. The number of carboxylic acid groups (broad SMARTS) is 1. The number of hydrogen-bond acceptors (Lipinski definition) is 9. The number of carboxylic acids is 1. The fourth-order valence-corrected chi connectivity index (χ4v) is 7.84. The number of hydrogen-bond donors (Lipinski definition) is 3. The third-order valence-corrected chi connectivity index (χ3v) is 9.54. The van der Waals surface area contributed by atoms with Crippen LogP contribution in [0.25, 0.3) is 0 Å². The second kappa shape index (κ2) is 12.5. The van der Waals surface area contributed by atoms with Crippen molar-refractivity contribution in [2.45, 2.75) is 68.9 Å². The molecule has 0 spiro atoms. The van der Waals surface area contributed by atoms with E-state index in [1.807, 2.05) is 40.8 Å². The standard InChI is InChI=1S/C22H31N5O4S4/c1-11(2)23-21(24-12(3)4)33-10-16(28)26-18-19(31)27-7-14(8-32-20(18)27)9-34-22-25-13(5)15(35-22)6-17(29)30/h7,11-12,18,20H,6,8-10H2,1-5H3,(H,23,24)(H,26,28)(H,29,30). The molecule has 0 aliphatic carbocycles. The summed E-state index contributed by atoms with van der Waals surface area (Å²) in [6.07, 6.45) is 1.87. The van der Waals surface area contributed by atoms with Crippen molar-refractivity contribution in [2.24, 2.45) is 4.99 Å². The topological polar surface area (TPSA) is 124 Å². The second-order valence-electron chi connectivity index (χ2n) is 8.74. The number of rotatable bonds is 10. The molecule has 0 saturated carbocycles. The van der Waals surface area contributed by atoms with Crippen LogP contribution >= 0.6 is 46.6 Å². The van der Waals surface area contributed by atoms with Gasteiger partial charge in [-0.15, -0.1) is 23.1 Å². The molecule has 2 aliphatic rings. The number of thiazole rings is 1. The summed E-state index contributed by atoms with van der Waals surface area (Å²) in [5.74, 6) is 0.487. The van der Waals surface area contributed by atoms with Gasteiger partial charge < -0.3 is 20.6 Å². The highest BCUT2D eigenvalue weighted by atomic mass is 32.2. The van der Waals surface area contributed by atoms with Gasteiger partial charge in [0, 0.05) is 34.7 Å². The van der Waals surface area contributed by atoms with Crippen LogP contribution in [0.15, 0.2) is 21.1 Å². The molecular formula is C22H31N5O4S4. The summed E-state index contributed by atoms with van der Waals surface area (Å²) >= 11 is 5.94. The molecule has 35 heavy (non-hydrogen) atoms. The van der Waals surface area contributed by atoms with Crippen LogP contribution in [0, 0.1) is 6.92 Å². The number of nitrogens with zero attached hydrogens (tertiary/aromatic N) is 3. The minimum Gasteiger partial charge on any atom is -0.481 e. The quantitative estimate of drug-likeness (QED) is 0.172. The molecule has 2 aliphatic heterocycles. The second-order valence-corrected chi connectivity index (χ2v) is 13.1. The van der Waals surface area contributed by atoms with Crippen LogP contribution < -0.4 is 10.6 Å². The summed E-state index contributed by atoms with van der Waals surface area (Å²) in [5.41, 5.74) is 1.86. The van der Waals surface area contributed by atoms with E-state index in [9.17, 15) is 14.4 Å². The van der Waals surface area contributed by atoms with Crippen LogP contribution in [-0.2, 0) is 20.8 Å². The highest BCUT2D eigenvalue weighted by molar-refractivity contribution is 8.14. The van der Waals surface area contributed by atoms with Crippen LogP contribution in [0.2, 0.25) is 0 Å². The lowest BCUT2D eigenvalue weighted by atomic mass is 10.1. The largest absolute Gasteiger partial charge is 0.481 e. The number of carbonyl (C=O) groups excluding carboxylic acids is 2. The fourth-order valence-electron chi connectivity index (χ4n) is 3.30. The molecule has 1 aromatic heterocycles. The average molecular weight is 558 g/mol. The molecule has 3 N–H and O–H groups in total. The van der Waals surface area contributed by atoms with E-state index < -0.39 is 12.0 Å². The minimum absolute atomic E-state index is 0.0156. The van der Waals surface area contributed by atoms with Crippen molar-refractivity contribution in [1.29, 1.82) is 0 Å². The summed E-state index contributed by atoms with van der Waals surface area (Å²) in [4.78, 5) is 47.6. The number of nitrogens with one attached hydrogen (secondary N) is 2. The van der Waals surface area contributed by atoms with E-state index in [1.165, 1.54) is 23.1 Å². The van der Waals surface area contributed by atoms with E-state index in [2.05, 4.69) is 20.6 Å². The Labute approximate surface area is 222 Å². The van der Waals surface area contributed by atoms with Gasteiger partial charge in [-0.1, -0.05) is 23.5 Å². The predicted molar refractivity (Wildman–Crippen MR) is 145 cm³/mol. The molecule has 2 unspecified atom stereocenters. The zero-order chi connectivity index (χ0) is 25.7. The van der Waals surface area contributed by atoms with E-state index >= 15 is 0 Å². The number of amidine groups is 1. The van der Waals surface area contributed by atoms with Crippen molar-refractivity contribution in [3.8, 4) is 0 Å². The average Bonchev–Trinajstić information content (AvgIpc) is 3.11. The first-order chi connectivity index (χ1) is 16.5.